The molecule has 4 rings (SSSR count). The van der Waals surface area contributed by atoms with Gasteiger partial charge in [-0.05, 0) is 60.2 Å². The Balaban J connectivity index is 1.94. The molecule has 0 radical (unpaired) electrons. The number of anilines is 1. The summed E-state index contributed by atoms with van der Waals surface area (Å²) in [6.45, 7) is 0. The van der Waals surface area contributed by atoms with E-state index in [1.54, 1.807) is 48.5 Å². The van der Waals surface area contributed by atoms with Crippen LogP contribution >= 0.6 is 11.6 Å². The van der Waals surface area contributed by atoms with Gasteiger partial charge in [0.1, 0.15) is 11.5 Å². The molecule has 0 bridgehead atoms. The number of methoxy groups -OCH3 is 2. The van der Waals surface area contributed by atoms with Crippen molar-refractivity contribution in [3.05, 3.63) is 88.5 Å². The van der Waals surface area contributed by atoms with Crippen molar-refractivity contribution in [2.45, 2.75) is 6.04 Å². The number of carbonyl (C=O) groups is 2. The van der Waals surface area contributed by atoms with Crippen LogP contribution in [0, 0.1) is 0 Å². The number of aliphatic hydroxyl groups is 1. The van der Waals surface area contributed by atoms with E-state index in [0.29, 0.717) is 27.8 Å². The Morgan fingerprint density at radius 3 is 2.27 bits per heavy atom. The smallest absolute Gasteiger partial charge is 0.300 e. The molecule has 1 fully saturated rings. The summed E-state index contributed by atoms with van der Waals surface area (Å²) in [6, 6.07) is 16.3. The van der Waals surface area contributed by atoms with Gasteiger partial charge >= 0.3 is 0 Å². The Hall–Kier alpha value is -3.97. The Morgan fingerprint density at radius 2 is 1.64 bits per heavy atom. The van der Waals surface area contributed by atoms with Gasteiger partial charge in [0.05, 0.1) is 25.8 Å². The number of nitrogens with zero attached hydrogens (tertiary/aromatic N) is 1. The number of rotatable bonds is 5. The van der Waals surface area contributed by atoms with E-state index in [4.69, 9.17) is 21.1 Å². The van der Waals surface area contributed by atoms with Crippen molar-refractivity contribution in [2.24, 2.45) is 0 Å². The predicted octanol–water partition coefficient (Wildman–Crippen LogP) is 4.69. The third-order valence-electron chi connectivity index (χ3n) is 5.39. The second kappa shape index (κ2) is 8.88. The zero-order valence-electron chi connectivity index (χ0n) is 17.8. The number of halogens is 1. The molecule has 3 aromatic carbocycles. The van der Waals surface area contributed by atoms with Crippen molar-refractivity contribution in [3.63, 3.8) is 0 Å². The Kier molecular flexibility index (Phi) is 5.98. The van der Waals surface area contributed by atoms with Crippen molar-refractivity contribution in [1.82, 2.24) is 0 Å². The van der Waals surface area contributed by atoms with Crippen molar-refractivity contribution in [1.29, 1.82) is 0 Å². The molecule has 1 heterocycles. The first-order valence-corrected chi connectivity index (χ1v) is 10.3. The summed E-state index contributed by atoms with van der Waals surface area (Å²) in [6.07, 6.45) is 0. The third-order valence-corrected chi connectivity index (χ3v) is 5.64. The van der Waals surface area contributed by atoms with Crippen LogP contribution in [0.5, 0.6) is 17.2 Å². The Bertz CT molecular complexity index is 1270. The highest BCUT2D eigenvalue weighted by Crippen LogP contribution is 2.43. The standard InChI is InChI=1S/C25H20ClNO6/c1-32-19-11-6-15(13-20(19)33-2)23(29)21-22(14-4-3-5-18(28)12-14)27(25(31)24(21)30)17-9-7-16(26)8-10-17/h3-13,22,28-29H,1-2H3/b23-21-. The number of phenols is 1. The van der Waals surface area contributed by atoms with Crippen LogP contribution in [-0.4, -0.2) is 36.1 Å². The third kappa shape index (κ3) is 3.99. The first-order chi connectivity index (χ1) is 15.8. The number of phenolic OH excluding ortho intramolecular Hbond substituents is 1. The molecule has 0 saturated carbocycles. The maximum atomic E-state index is 13.2. The lowest BCUT2D eigenvalue weighted by molar-refractivity contribution is -0.132. The van der Waals surface area contributed by atoms with E-state index in [1.807, 2.05) is 0 Å². The van der Waals surface area contributed by atoms with Gasteiger partial charge < -0.3 is 19.7 Å². The molecule has 33 heavy (non-hydrogen) atoms. The van der Waals surface area contributed by atoms with E-state index in [1.165, 1.54) is 37.3 Å². The normalized spacial score (nSPS) is 17.3. The summed E-state index contributed by atoms with van der Waals surface area (Å²) in [4.78, 5) is 27.6. The molecule has 1 amide bonds. The monoisotopic (exact) mass is 465 g/mol. The number of carbonyl (C=O) groups excluding carboxylic acids is 2. The molecule has 2 N–H and O–H groups in total. The quantitative estimate of drug-likeness (QED) is 0.322. The van der Waals surface area contributed by atoms with Crippen LogP contribution in [0.25, 0.3) is 5.76 Å². The lowest BCUT2D eigenvalue weighted by atomic mass is 9.95. The predicted molar refractivity (Wildman–Crippen MR) is 124 cm³/mol. The number of ether oxygens (including phenoxy) is 2. The van der Waals surface area contributed by atoms with E-state index in [-0.39, 0.29) is 22.6 Å². The van der Waals surface area contributed by atoms with Crippen molar-refractivity contribution in [3.8, 4) is 17.2 Å². The first-order valence-electron chi connectivity index (χ1n) is 9.93. The van der Waals surface area contributed by atoms with Crippen LogP contribution in [-0.2, 0) is 9.59 Å². The van der Waals surface area contributed by atoms with Gasteiger partial charge in [0.2, 0.25) is 0 Å². The lowest BCUT2D eigenvalue weighted by Gasteiger charge is -2.25. The van der Waals surface area contributed by atoms with Crippen LogP contribution < -0.4 is 14.4 Å². The molecule has 0 aliphatic carbocycles. The minimum atomic E-state index is -0.980. The van der Waals surface area contributed by atoms with E-state index in [2.05, 4.69) is 0 Å². The molecule has 1 aliphatic heterocycles. The van der Waals surface area contributed by atoms with E-state index < -0.39 is 17.7 Å². The minimum Gasteiger partial charge on any atom is -0.508 e. The summed E-state index contributed by atoms with van der Waals surface area (Å²) in [5, 5.41) is 21.7. The fraction of sp³-hybridized carbons (Fsp3) is 0.120. The maximum Gasteiger partial charge on any atom is 0.300 e. The molecule has 1 unspecified atom stereocenters. The fourth-order valence-corrected chi connectivity index (χ4v) is 3.98. The Labute approximate surface area is 195 Å². The van der Waals surface area contributed by atoms with Crippen LogP contribution in [0.1, 0.15) is 17.2 Å². The highest BCUT2D eigenvalue weighted by atomic mass is 35.5. The van der Waals surface area contributed by atoms with Gasteiger partial charge in [0.25, 0.3) is 11.7 Å². The molecule has 0 aromatic heterocycles. The largest absolute Gasteiger partial charge is 0.508 e. The number of amides is 1. The zero-order valence-corrected chi connectivity index (χ0v) is 18.5. The van der Waals surface area contributed by atoms with Gasteiger partial charge in [-0.25, -0.2) is 0 Å². The number of aromatic hydroxyl groups is 1. The molecule has 1 saturated heterocycles. The fourth-order valence-electron chi connectivity index (χ4n) is 3.85. The SMILES string of the molecule is COc1ccc(/C(O)=C2/C(=O)C(=O)N(c3ccc(Cl)cc3)C2c2cccc(O)c2)cc1OC. The second-order valence-corrected chi connectivity index (χ2v) is 7.75. The van der Waals surface area contributed by atoms with Gasteiger partial charge in [-0.15, -0.1) is 0 Å². The van der Waals surface area contributed by atoms with Gasteiger partial charge in [-0.2, -0.15) is 0 Å². The highest BCUT2D eigenvalue weighted by Gasteiger charge is 2.47. The topological polar surface area (TPSA) is 96.3 Å². The van der Waals surface area contributed by atoms with E-state index in [9.17, 15) is 19.8 Å². The molecule has 7 nitrogen and oxygen atoms in total. The van der Waals surface area contributed by atoms with Gasteiger partial charge in [-0.3, -0.25) is 14.5 Å². The zero-order chi connectivity index (χ0) is 23.7. The van der Waals surface area contributed by atoms with E-state index in [0.717, 1.165) is 0 Å². The molecule has 3 aromatic rings. The van der Waals surface area contributed by atoms with Crippen LogP contribution in [0.3, 0.4) is 0 Å². The number of aliphatic hydroxyl groups excluding tert-OH is 1. The van der Waals surface area contributed by atoms with Crippen molar-refractivity contribution >= 4 is 34.7 Å². The first kappa shape index (κ1) is 22.2. The molecule has 168 valence electrons. The summed E-state index contributed by atoms with van der Waals surface area (Å²) < 4.78 is 10.5. The van der Waals surface area contributed by atoms with Gasteiger partial charge in [-0.1, -0.05) is 23.7 Å². The van der Waals surface area contributed by atoms with Gasteiger partial charge in [0, 0.05) is 16.3 Å². The summed E-state index contributed by atoms with van der Waals surface area (Å²) in [5.74, 6) is -1.29. The summed E-state index contributed by atoms with van der Waals surface area (Å²) >= 11 is 6.00. The van der Waals surface area contributed by atoms with Crippen LogP contribution in [0.15, 0.2) is 72.3 Å². The summed E-state index contributed by atoms with van der Waals surface area (Å²) in [5.41, 5.74) is 1.02. The molecule has 1 aliphatic rings. The van der Waals surface area contributed by atoms with Crippen molar-refractivity contribution in [2.75, 3.05) is 19.1 Å². The molecule has 8 heteroatoms. The Morgan fingerprint density at radius 1 is 0.939 bits per heavy atom. The maximum absolute atomic E-state index is 13.2. The molecule has 0 spiro atoms. The number of Topliss-reactive ketones (excluding diaryl/α,β-unsaturated/α-hetero) is 1. The summed E-state index contributed by atoms with van der Waals surface area (Å²) in [7, 11) is 2.94. The van der Waals surface area contributed by atoms with Crippen LogP contribution in [0.2, 0.25) is 5.02 Å². The van der Waals surface area contributed by atoms with Crippen LogP contribution in [0.4, 0.5) is 5.69 Å². The van der Waals surface area contributed by atoms with Gasteiger partial charge in [0.15, 0.2) is 11.5 Å². The molecule has 1 atom stereocenters. The number of hydrogen-bond acceptors (Lipinski definition) is 6. The minimum absolute atomic E-state index is 0.0414. The highest BCUT2D eigenvalue weighted by molar-refractivity contribution is 6.51. The second-order valence-electron chi connectivity index (χ2n) is 7.31. The lowest BCUT2D eigenvalue weighted by Crippen LogP contribution is -2.29. The number of hydrogen-bond donors (Lipinski definition) is 2. The molecular weight excluding hydrogens is 446 g/mol. The number of ketones is 1. The van der Waals surface area contributed by atoms with Crippen molar-refractivity contribution < 1.29 is 29.3 Å². The molecular formula is C25H20ClNO6. The average molecular weight is 466 g/mol. The van der Waals surface area contributed by atoms with E-state index >= 15 is 0 Å². The average Bonchev–Trinajstić information content (AvgIpc) is 3.09. The number of benzene rings is 3.